The summed E-state index contributed by atoms with van der Waals surface area (Å²) in [5.74, 6) is 0. The molecule has 12 heavy (non-hydrogen) atoms. The summed E-state index contributed by atoms with van der Waals surface area (Å²) in [5, 5.41) is 18.4. The van der Waals surface area contributed by atoms with Gasteiger partial charge in [0.25, 0.3) is 0 Å². The first kappa shape index (κ1) is 10.0. The average Bonchev–Trinajstić information content (AvgIpc) is 1.96. The van der Waals surface area contributed by atoms with Gasteiger partial charge in [0.1, 0.15) is 6.10 Å². The topological polar surface area (TPSA) is 87.0 Å². The van der Waals surface area contributed by atoms with Gasteiger partial charge in [0.15, 0.2) is 0 Å². The van der Waals surface area contributed by atoms with Gasteiger partial charge >= 0.3 is 8.25 Å². The maximum absolute atomic E-state index is 10.3. The molecule has 0 saturated heterocycles. The first-order valence-corrected chi connectivity index (χ1v) is 4.91. The number of hydrogen-bond acceptors (Lipinski definition) is 4. The first-order chi connectivity index (χ1) is 5.59. The number of hydrogen-bond donors (Lipinski definition) is 3. The fourth-order valence-electron chi connectivity index (χ4n) is 1.32. The van der Waals surface area contributed by atoms with Crippen LogP contribution < -0.4 is 0 Å². The fraction of sp³-hybridized carbons (Fsp3) is 1.00. The Morgan fingerprint density at radius 1 is 1.33 bits per heavy atom. The van der Waals surface area contributed by atoms with Gasteiger partial charge in [-0.25, -0.2) is 0 Å². The molecule has 3 N–H and O–H groups in total. The molecule has 0 aromatic heterocycles. The van der Waals surface area contributed by atoms with Crippen LogP contribution in [0.2, 0.25) is 0 Å². The molecule has 0 spiro atoms. The number of rotatable bonds is 2. The van der Waals surface area contributed by atoms with Gasteiger partial charge in [-0.15, -0.1) is 9.42 Å². The molecule has 5 nitrogen and oxygen atoms in total. The molecule has 4 unspecified atom stereocenters. The molecule has 0 aromatic carbocycles. The molecule has 0 bridgehead atoms. The lowest BCUT2D eigenvalue weighted by atomic mass is 9.93. The first-order valence-electron chi connectivity index (χ1n) is 3.78. The number of aliphatic hydroxyl groups is 2. The molecule has 1 fully saturated rings. The van der Waals surface area contributed by atoms with Crippen LogP contribution in [0.1, 0.15) is 19.3 Å². The van der Waals surface area contributed by atoms with Crippen molar-refractivity contribution in [3.63, 3.8) is 0 Å². The van der Waals surface area contributed by atoms with Crippen LogP contribution in [0.25, 0.3) is 0 Å². The van der Waals surface area contributed by atoms with Crippen molar-refractivity contribution in [3.05, 3.63) is 0 Å². The molecule has 70 valence electrons. The zero-order chi connectivity index (χ0) is 9.14. The molecule has 1 rings (SSSR count). The van der Waals surface area contributed by atoms with Gasteiger partial charge in [0.05, 0.1) is 12.2 Å². The highest BCUT2D eigenvalue weighted by molar-refractivity contribution is 7.32. The maximum atomic E-state index is 10.3. The van der Waals surface area contributed by atoms with Crippen molar-refractivity contribution in [1.29, 1.82) is 0 Å². The Morgan fingerprint density at radius 3 is 2.58 bits per heavy atom. The van der Waals surface area contributed by atoms with Crippen LogP contribution in [0.5, 0.6) is 0 Å². The van der Waals surface area contributed by atoms with E-state index in [2.05, 4.69) is 4.52 Å². The Balaban J connectivity index is 2.43. The molecule has 0 amide bonds. The Labute approximate surface area is 70.9 Å². The van der Waals surface area contributed by atoms with Crippen LogP contribution >= 0.6 is 8.25 Å². The van der Waals surface area contributed by atoms with Crippen LogP contribution in [0.15, 0.2) is 0 Å². The third kappa shape index (κ3) is 2.77. The molecule has 1 aliphatic rings. The molecular formula is C6H12O5P+. The van der Waals surface area contributed by atoms with Crippen LogP contribution in [0, 0.1) is 0 Å². The molecule has 0 heterocycles. The average molecular weight is 195 g/mol. The zero-order valence-electron chi connectivity index (χ0n) is 6.46. The smallest absolute Gasteiger partial charge is 0.393 e. The van der Waals surface area contributed by atoms with Gasteiger partial charge in [0.2, 0.25) is 0 Å². The summed E-state index contributed by atoms with van der Waals surface area (Å²) in [4.78, 5) is 8.40. The SMILES string of the molecule is O=[P+](O)OC1CC(O)CCC1O. The molecule has 4 atom stereocenters. The van der Waals surface area contributed by atoms with Crippen molar-refractivity contribution >= 4 is 8.25 Å². The second kappa shape index (κ2) is 4.25. The fourth-order valence-corrected chi connectivity index (χ4v) is 1.78. The second-order valence-corrected chi connectivity index (χ2v) is 3.60. The standard InChI is InChI=1S/C6H11O5P/c7-4-1-2-5(8)6(3-4)11-12(9)10/h4-8H,1-3H2/p+1. The van der Waals surface area contributed by atoms with Gasteiger partial charge < -0.3 is 10.2 Å². The number of aliphatic hydroxyl groups excluding tert-OH is 2. The Kier molecular flexibility index (Phi) is 3.55. The van der Waals surface area contributed by atoms with E-state index in [1.54, 1.807) is 0 Å². The quantitative estimate of drug-likeness (QED) is 0.537. The molecule has 0 aliphatic heterocycles. The summed E-state index contributed by atoms with van der Waals surface area (Å²) in [6.07, 6.45) is -0.823. The molecule has 0 radical (unpaired) electrons. The summed E-state index contributed by atoms with van der Waals surface area (Å²) in [5.41, 5.74) is 0. The van der Waals surface area contributed by atoms with E-state index in [4.69, 9.17) is 10.00 Å². The predicted molar refractivity (Wildman–Crippen MR) is 40.6 cm³/mol. The van der Waals surface area contributed by atoms with E-state index in [0.717, 1.165) is 0 Å². The summed E-state index contributed by atoms with van der Waals surface area (Å²) >= 11 is 0. The molecular weight excluding hydrogens is 183 g/mol. The van der Waals surface area contributed by atoms with Crippen LogP contribution in [0.4, 0.5) is 0 Å². The van der Waals surface area contributed by atoms with Crippen LogP contribution in [-0.4, -0.2) is 33.4 Å². The van der Waals surface area contributed by atoms with E-state index in [9.17, 15) is 9.67 Å². The highest BCUT2D eigenvalue weighted by Crippen LogP contribution is 2.28. The summed E-state index contributed by atoms with van der Waals surface area (Å²) < 4.78 is 14.8. The van der Waals surface area contributed by atoms with E-state index in [0.29, 0.717) is 12.8 Å². The summed E-state index contributed by atoms with van der Waals surface area (Å²) in [7, 11) is -2.69. The third-order valence-electron chi connectivity index (χ3n) is 1.95. The lowest BCUT2D eigenvalue weighted by Gasteiger charge is -2.26. The van der Waals surface area contributed by atoms with E-state index in [1.807, 2.05) is 0 Å². The van der Waals surface area contributed by atoms with Crippen LogP contribution in [0.3, 0.4) is 0 Å². The Hall–Kier alpha value is -0.0600. The minimum atomic E-state index is -2.69. The van der Waals surface area contributed by atoms with Gasteiger partial charge in [0, 0.05) is 11.0 Å². The second-order valence-electron chi connectivity index (χ2n) is 2.92. The summed E-state index contributed by atoms with van der Waals surface area (Å²) in [6.45, 7) is 0. The van der Waals surface area contributed by atoms with E-state index >= 15 is 0 Å². The molecule has 1 saturated carbocycles. The normalized spacial score (nSPS) is 37.9. The zero-order valence-corrected chi connectivity index (χ0v) is 7.35. The maximum Gasteiger partial charge on any atom is 0.695 e. The van der Waals surface area contributed by atoms with E-state index in [1.165, 1.54) is 0 Å². The monoisotopic (exact) mass is 195 g/mol. The highest BCUT2D eigenvalue weighted by Gasteiger charge is 2.35. The molecule has 1 aliphatic carbocycles. The minimum Gasteiger partial charge on any atom is -0.393 e. The van der Waals surface area contributed by atoms with Crippen molar-refractivity contribution in [1.82, 2.24) is 0 Å². The lowest BCUT2D eigenvalue weighted by Crippen LogP contribution is -2.36. The summed E-state index contributed by atoms with van der Waals surface area (Å²) in [6, 6.07) is 0. The highest BCUT2D eigenvalue weighted by atomic mass is 31.1. The van der Waals surface area contributed by atoms with Crippen molar-refractivity contribution in [3.8, 4) is 0 Å². The minimum absolute atomic E-state index is 0.225. The van der Waals surface area contributed by atoms with Crippen molar-refractivity contribution < 1.29 is 24.2 Å². The largest absolute Gasteiger partial charge is 0.695 e. The van der Waals surface area contributed by atoms with E-state index < -0.39 is 26.6 Å². The molecule has 6 heteroatoms. The van der Waals surface area contributed by atoms with Gasteiger partial charge in [-0.2, -0.15) is 0 Å². The van der Waals surface area contributed by atoms with Gasteiger partial charge in [-0.05, 0) is 12.8 Å². The van der Waals surface area contributed by atoms with Crippen molar-refractivity contribution in [2.45, 2.75) is 37.6 Å². The van der Waals surface area contributed by atoms with Crippen molar-refractivity contribution in [2.75, 3.05) is 0 Å². The lowest BCUT2D eigenvalue weighted by molar-refractivity contribution is -0.0375. The van der Waals surface area contributed by atoms with Gasteiger partial charge in [-0.1, -0.05) is 0 Å². The predicted octanol–water partition coefficient (Wildman–Crippen LogP) is -0.0730. The Morgan fingerprint density at radius 2 is 2.00 bits per heavy atom. The van der Waals surface area contributed by atoms with Crippen molar-refractivity contribution in [2.24, 2.45) is 0 Å². The van der Waals surface area contributed by atoms with E-state index in [-0.39, 0.29) is 6.42 Å². The van der Waals surface area contributed by atoms with Crippen LogP contribution in [-0.2, 0) is 9.09 Å². The Bertz CT molecular complexity index is 173. The third-order valence-corrected chi connectivity index (χ3v) is 2.41. The molecule has 0 aromatic rings. The van der Waals surface area contributed by atoms with Gasteiger partial charge in [-0.3, -0.25) is 0 Å².